The van der Waals surface area contributed by atoms with Crippen LogP contribution in [0.3, 0.4) is 0 Å². The van der Waals surface area contributed by atoms with Gasteiger partial charge in [0.05, 0.1) is 16.8 Å². The predicted octanol–water partition coefficient (Wildman–Crippen LogP) is 3.67. The average Bonchev–Trinajstić information content (AvgIpc) is 2.94. The molecule has 0 amide bonds. The molecule has 0 N–H and O–H groups in total. The van der Waals surface area contributed by atoms with Gasteiger partial charge in [-0.25, -0.2) is 8.42 Å². The first-order valence-corrected chi connectivity index (χ1v) is 10.1. The van der Waals surface area contributed by atoms with E-state index in [2.05, 4.69) is 13.8 Å². The summed E-state index contributed by atoms with van der Waals surface area (Å²) in [5.41, 5.74) is 2.68. The maximum absolute atomic E-state index is 12.1. The molecule has 0 saturated heterocycles. The summed E-state index contributed by atoms with van der Waals surface area (Å²) in [6, 6.07) is 9.49. The molecule has 2 aromatic rings. The highest BCUT2D eigenvalue weighted by atomic mass is 32.2. The third kappa shape index (κ3) is 2.81. The zero-order valence-corrected chi connectivity index (χ0v) is 15.0. The Morgan fingerprint density at radius 3 is 2.57 bits per heavy atom. The van der Waals surface area contributed by atoms with Gasteiger partial charge in [0, 0.05) is 11.4 Å². The van der Waals surface area contributed by atoms with Crippen molar-refractivity contribution in [3.63, 3.8) is 0 Å². The fraction of sp³-hybridized carbons (Fsp3) is 0.353. The second kappa shape index (κ2) is 5.46. The van der Waals surface area contributed by atoms with E-state index in [1.54, 1.807) is 6.07 Å². The van der Waals surface area contributed by atoms with Crippen molar-refractivity contribution >= 4 is 33.3 Å². The molecule has 0 atom stereocenters. The fourth-order valence-electron chi connectivity index (χ4n) is 3.20. The lowest BCUT2D eigenvalue weighted by Crippen LogP contribution is -2.40. The molecule has 1 aliphatic heterocycles. The summed E-state index contributed by atoms with van der Waals surface area (Å²) in [5.74, 6) is 0. The number of aldehydes is 1. The van der Waals surface area contributed by atoms with Crippen molar-refractivity contribution in [2.75, 3.05) is 17.1 Å². The lowest BCUT2D eigenvalue weighted by atomic mass is 9.75. The number of anilines is 1. The highest BCUT2D eigenvalue weighted by Gasteiger charge is 2.36. The number of hydrogen-bond acceptors (Lipinski definition) is 4. The van der Waals surface area contributed by atoms with E-state index in [0.29, 0.717) is 11.4 Å². The van der Waals surface area contributed by atoms with Crippen molar-refractivity contribution in [2.45, 2.75) is 25.7 Å². The summed E-state index contributed by atoms with van der Waals surface area (Å²) in [6.07, 6.45) is 2.85. The lowest BCUT2D eigenvalue weighted by molar-refractivity contribution is 0.112. The maximum Gasteiger partial charge on any atom is 0.232 e. The minimum atomic E-state index is -3.31. The minimum Gasteiger partial charge on any atom is -0.297 e. The van der Waals surface area contributed by atoms with Gasteiger partial charge < -0.3 is 0 Å². The number of rotatable bonds is 3. The van der Waals surface area contributed by atoms with Gasteiger partial charge in [0.2, 0.25) is 10.0 Å². The summed E-state index contributed by atoms with van der Waals surface area (Å²) >= 11 is 1.43. The Morgan fingerprint density at radius 2 is 1.96 bits per heavy atom. The molecule has 122 valence electrons. The van der Waals surface area contributed by atoms with Crippen LogP contribution in [0.2, 0.25) is 0 Å². The van der Waals surface area contributed by atoms with Crippen LogP contribution in [-0.2, 0) is 15.4 Å². The SMILES string of the molecule is CC1(C)CCN(S(C)(=O)=O)c2cccc(-c3ccc(C=O)s3)c21. The van der Waals surface area contributed by atoms with Crippen molar-refractivity contribution in [1.29, 1.82) is 0 Å². The zero-order chi connectivity index (χ0) is 16.8. The second-order valence-corrected chi connectivity index (χ2v) is 9.51. The van der Waals surface area contributed by atoms with Crippen LogP contribution < -0.4 is 4.31 Å². The van der Waals surface area contributed by atoms with Crippen molar-refractivity contribution in [3.8, 4) is 10.4 Å². The molecule has 23 heavy (non-hydrogen) atoms. The third-order valence-electron chi connectivity index (χ3n) is 4.34. The first-order valence-electron chi connectivity index (χ1n) is 7.40. The molecule has 1 aliphatic rings. The molecule has 0 fully saturated rings. The van der Waals surface area contributed by atoms with E-state index in [1.165, 1.54) is 21.9 Å². The highest BCUT2D eigenvalue weighted by Crippen LogP contribution is 2.46. The maximum atomic E-state index is 12.1. The Hall–Kier alpha value is -1.66. The van der Waals surface area contributed by atoms with Crippen molar-refractivity contribution in [2.24, 2.45) is 0 Å². The van der Waals surface area contributed by atoms with E-state index in [4.69, 9.17) is 0 Å². The minimum absolute atomic E-state index is 0.127. The largest absolute Gasteiger partial charge is 0.297 e. The Kier molecular flexibility index (Phi) is 3.84. The monoisotopic (exact) mass is 349 g/mol. The van der Waals surface area contributed by atoms with E-state index in [0.717, 1.165) is 34.4 Å². The van der Waals surface area contributed by atoms with Gasteiger partial charge in [0.1, 0.15) is 0 Å². The summed E-state index contributed by atoms with van der Waals surface area (Å²) in [5, 5.41) is 0. The Balaban J connectivity index is 2.26. The van der Waals surface area contributed by atoms with E-state index < -0.39 is 10.0 Å². The van der Waals surface area contributed by atoms with Crippen LogP contribution in [0.1, 0.15) is 35.5 Å². The number of benzene rings is 1. The molecule has 0 spiro atoms. The van der Waals surface area contributed by atoms with Gasteiger partial charge in [0.15, 0.2) is 6.29 Å². The zero-order valence-electron chi connectivity index (χ0n) is 13.4. The molecule has 6 heteroatoms. The number of carbonyl (C=O) groups is 1. The van der Waals surface area contributed by atoms with Gasteiger partial charge in [-0.3, -0.25) is 9.10 Å². The molecule has 4 nitrogen and oxygen atoms in total. The molecular weight excluding hydrogens is 330 g/mol. The lowest BCUT2D eigenvalue weighted by Gasteiger charge is -2.40. The van der Waals surface area contributed by atoms with Gasteiger partial charge in [-0.15, -0.1) is 11.3 Å². The first kappa shape index (κ1) is 16.2. The van der Waals surface area contributed by atoms with E-state index in [9.17, 15) is 13.2 Å². The Morgan fingerprint density at radius 1 is 1.22 bits per heavy atom. The molecule has 3 rings (SSSR count). The molecule has 1 aromatic heterocycles. The highest BCUT2D eigenvalue weighted by molar-refractivity contribution is 7.92. The van der Waals surface area contributed by atoms with Gasteiger partial charge in [-0.1, -0.05) is 26.0 Å². The molecule has 2 heterocycles. The van der Waals surface area contributed by atoms with Crippen LogP contribution in [0.25, 0.3) is 10.4 Å². The van der Waals surface area contributed by atoms with Crippen molar-refractivity contribution < 1.29 is 13.2 Å². The first-order chi connectivity index (χ1) is 10.7. The topological polar surface area (TPSA) is 54.5 Å². The Bertz CT molecular complexity index is 866. The van der Waals surface area contributed by atoms with Crippen LogP contribution in [0.15, 0.2) is 30.3 Å². The Labute approximate surface area is 140 Å². The number of fused-ring (bicyclic) bond motifs is 1. The van der Waals surface area contributed by atoms with Crippen LogP contribution in [0, 0.1) is 0 Å². The standard InChI is InChI=1S/C17H19NO3S2/c1-17(2)9-10-18(23(3,20)21)14-6-4-5-13(16(14)17)15-8-7-12(11-19)22-15/h4-8,11H,9-10H2,1-3H3. The van der Waals surface area contributed by atoms with Crippen LogP contribution in [-0.4, -0.2) is 27.5 Å². The van der Waals surface area contributed by atoms with Gasteiger partial charge in [0.25, 0.3) is 0 Å². The molecule has 0 bridgehead atoms. The van der Waals surface area contributed by atoms with Crippen molar-refractivity contribution in [3.05, 3.63) is 40.8 Å². The molecular formula is C17H19NO3S2. The molecule has 0 aliphatic carbocycles. The summed E-state index contributed by atoms with van der Waals surface area (Å²) in [7, 11) is -3.31. The van der Waals surface area contributed by atoms with Crippen LogP contribution >= 0.6 is 11.3 Å². The van der Waals surface area contributed by atoms with Crippen LogP contribution in [0.4, 0.5) is 5.69 Å². The smallest absolute Gasteiger partial charge is 0.232 e. The van der Waals surface area contributed by atoms with E-state index in [-0.39, 0.29) is 5.41 Å². The van der Waals surface area contributed by atoms with Crippen LogP contribution in [0.5, 0.6) is 0 Å². The number of sulfonamides is 1. The second-order valence-electron chi connectivity index (χ2n) is 6.49. The molecule has 0 radical (unpaired) electrons. The number of carbonyl (C=O) groups excluding carboxylic acids is 1. The molecule has 1 aromatic carbocycles. The third-order valence-corrected chi connectivity index (χ3v) is 6.56. The molecule has 0 saturated carbocycles. The quantitative estimate of drug-likeness (QED) is 0.795. The normalized spacial score (nSPS) is 16.9. The van der Waals surface area contributed by atoms with Gasteiger partial charge >= 0.3 is 0 Å². The van der Waals surface area contributed by atoms with Gasteiger partial charge in [-0.2, -0.15) is 0 Å². The average molecular weight is 349 g/mol. The van der Waals surface area contributed by atoms with E-state index in [1.807, 2.05) is 24.3 Å². The van der Waals surface area contributed by atoms with Crippen molar-refractivity contribution in [1.82, 2.24) is 0 Å². The van der Waals surface area contributed by atoms with Gasteiger partial charge in [-0.05, 0) is 41.2 Å². The summed E-state index contributed by atoms with van der Waals surface area (Å²) in [6.45, 7) is 4.78. The predicted molar refractivity (Wildman–Crippen MR) is 95.0 cm³/mol. The number of thiophene rings is 1. The van der Waals surface area contributed by atoms with E-state index >= 15 is 0 Å². The number of hydrogen-bond donors (Lipinski definition) is 0. The summed E-state index contributed by atoms with van der Waals surface area (Å²) in [4.78, 5) is 12.6. The fourth-order valence-corrected chi connectivity index (χ4v) is 4.98. The number of nitrogens with zero attached hydrogens (tertiary/aromatic N) is 1. The summed E-state index contributed by atoms with van der Waals surface area (Å²) < 4.78 is 25.8. The molecule has 0 unspecified atom stereocenters.